The van der Waals surface area contributed by atoms with Crippen LogP contribution in [0.4, 0.5) is 0 Å². The van der Waals surface area contributed by atoms with Crippen LogP contribution in [0.15, 0.2) is 40.2 Å². The van der Waals surface area contributed by atoms with Gasteiger partial charge in [-0.2, -0.15) is 0 Å². The highest BCUT2D eigenvalue weighted by Gasteiger charge is 2.32. The van der Waals surface area contributed by atoms with Gasteiger partial charge in [0, 0.05) is 9.88 Å². The standard InChI is InChI=1S/C11H11BrO4S2/c12-10-4-2-9(3-5-10)11-8-17(13,14)6-1-7-18(11,15)16/h1-6,11H,7-8H2. The zero-order chi connectivity index (χ0) is 13.4. The fraction of sp³-hybridized carbons (Fsp3) is 0.273. The molecular formula is C11H11BrO4S2. The summed E-state index contributed by atoms with van der Waals surface area (Å²) in [5, 5.41) is -0.00532. The van der Waals surface area contributed by atoms with Crippen molar-refractivity contribution in [3.8, 4) is 0 Å². The van der Waals surface area contributed by atoms with Gasteiger partial charge in [0.15, 0.2) is 19.7 Å². The third-order valence-corrected chi connectivity index (χ3v) is 6.80. The predicted octanol–water partition coefficient (Wildman–Crippen LogP) is 1.85. The van der Waals surface area contributed by atoms with Gasteiger partial charge in [0.1, 0.15) is 5.25 Å². The minimum atomic E-state index is -3.48. The number of halogens is 1. The second-order valence-corrected chi connectivity index (χ2v) is 9.15. The Bertz CT molecular complexity index is 672. The number of benzene rings is 1. The molecular weight excluding hydrogens is 340 g/mol. The van der Waals surface area contributed by atoms with Gasteiger partial charge < -0.3 is 0 Å². The maximum Gasteiger partial charge on any atom is 0.172 e. The van der Waals surface area contributed by atoms with Crippen LogP contribution >= 0.6 is 15.9 Å². The molecule has 1 unspecified atom stereocenters. The third-order valence-electron chi connectivity index (χ3n) is 2.69. The first-order valence-corrected chi connectivity index (χ1v) is 9.39. The van der Waals surface area contributed by atoms with Gasteiger partial charge in [-0.25, -0.2) is 16.8 Å². The summed E-state index contributed by atoms with van der Waals surface area (Å²) in [6, 6.07) is 6.67. The molecule has 4 nitrogen and oxygen atoms in total. The molecule has 1 heterocycles. The number of hydrogen-bond acceptors (Lipinski definition) is 4. The van der Waals surface area contributed by atoms with E-state index >= 15 is 0 Å². The van der Waals surface area contributed by atoms with Crippen LogP contribution in [0.1, 0.15) is 10.8 Å². The van der Waals surface area contributed by atoms with Crippen molar-refractivity contribution in [1.29, 1.82) is 0 Å². The van der Waals surface area contributed by atoms with Crippen LogP contribution in [-0.4, -0.2) is 28.3 Å². The van der Waals surface area contributed by atoms with E-state index in [0.29, 0.717) is 5.56 Å². The van der Waals surface area contributed by atoms with Gasteiger partial charge in [-0.15, -0.1) is 0 Å². The molecule has 98 valence electrons. The lowest BCUT2D eigenvalue weighted by Gasteiger charge is -2.14. The minimum absolute atomic E-state index is 0.243. The fourth-order valence-corrected chi connectivity index (χ4v) is 5.86. The molecule has 1 aliphatic rings. The lowest BCUT2D eigenvalue weighted by molar-refractivity contribution is 0.582. The number of sulfone groups is 2. The Balaban J connectivity index is 2.50. The topological polar surface area (TPSA) is 68.3 Å². The van der Waals surface area contributed by atoms with Crippen molar-refractivity contribution >= 4 is 35.6 Å². The Hall–Kier alpha value is -0.660. The van der Waals surface area contributed by atoms with E-state index in [1.807, 2.05) is 0 Å². The van der Waals surface area contributed by atoms with Gasteiger partial charge in [0.25, 0.3) is 0 Å². The van der Waals surface area contributed by atoms with Crippen molar-refractivity contribution in [2.45, 2.75) is 5.25 Å². The Morgan fingerprint density at radius 1 is 1.06 bits per heavy atom. The van der Waals surface area contributed by atoms with E-state index in [9.17, 15) is 16.8 Å². The van der Waals surface area contributed by atoms with E-state index < -0.39 is 30.7 Å². The molecule has 1 aromatic carbocycles. The van der Waals surface area contributed by atoms with Crippen LogP contribution in [0.3, 0.4) is 0 Å². The summed E-state index contributed by atoms with van der Waals surface area (Å²) in [5.74, 6) is -0.638. The van der Waals surface area contributed by atoms with Crippen molar-refractivity contribution in [3.05, 3.63) is 45.8 Å². The van der Waals surface area contributed by atoms with Crippen LogP contribution < -0.4 is 0 Å². The summed E-state index contributed by atoms with van der Waals surface area (Å²) in [5.41, 5.74) is 0.505. The number of hydrogen-bond donors (Lipinski definition) is 0. The van der Waals surface area contributed by atoms with Crippen molar-refractivity contribution in [2.75, 3.05) is 11.5 Å². The molecule has 2 rings (SSSR count). The van der Waals surface area contributed by atoms with Crippen LogP contribution in [0.25, 0.3) is 0 Å². The summed E-state index contributed by atoms with van der Waals surface area (Å²) in [4.78, 5) is 0. The second kappa shape index (κ2) is 4.79. The maximum atomic E-state index is 12.0. The molecule has 0 spiro atoms. The molecule has 0 saturated carbocycles. The zero-order valence-electron chi connectivity index (χ0n) is 9.28. The molecule has 0 amide bonds. The number of rotatable bonds is 1. The molecule has 0 aliphatic carbocycles. The van der Waals surface area contributed by atoms with E-state index in [0.717, 1.165) is 9.88 Å². The summed E-state index contributed by atoms with van der Waals surface area (Å²) < 4.78 is 48.2. The van der Waals surface area contributed by atoms with Gasteiger partial charge in [-0.3, -0.25) is 0 Å². The zero-order valence-corrected chi connectivity index (χ0v) is 12.5. The van der Waals surface area contributed by atoms with Crippen molar-refractivity contribution in [2.24, 2.45) is 0 Å². The summed E-state index contributed by atoms with van der Waals surface area (Å²) >= 11 is 3.26. The Morgan fingerprint density at radius 2 is 1.67 bits per heavy atom. The van der Waals surface area contributed by atoms with Crippen LogP contribution in [0.5, 0.6) is 0 Å². The quantitative estimate of drug-likeness (QED) is 0.774. The largest absolute Gasteiger partial charge is 0.228 e. The molecule has 0 radical (unpaired) electrons. The molecule has 0 aromatic heterocycles. The highest BCUT2D eigenvalue weighted by molar-refractivity contribution is 9.10. The molecule has 1 atom stereocenters. The van der Waals surface area contributed by atoms with Gasteiger partial charge in [-0.05, 0) is 17.7 Å². The first-order valence-electron chi connectivity index (χ1n) is 5.16. The molecule has 1 aromatic rings. The summed E-state index contributed by atoms with van der Waals surface area (Å²) in [6.07, 6.45) is 1.20. The van der Waals surface area contributed by atoms with Crippen LogP contribution in [-0.2, 0) is 19.7 Å². The average molecular weight is 351 g/mol. The first kappa shape index (κ1) is 13.8. The van der Waals surface area contributed by atoms with Crippen LogP contribution in [0, 0.1) is 0 Å². The second-order valence-electron chi connectivity index (χ2n) is 4.07. The lowest BCUT2D eigenvalue weighted by Crippen LogP contribution is -2.21. The van der Waals surface area contributed by atoms with Gasteiger partial charge in [0.05, 0.1) is 11.5 Å². The van der Waals surface area contributed by atoms with Gasteiger partial charge >= 0.3 is 0 Å². The SMILES string of the molecule is O=S1(=O)C=CCS(=O)(=O)C(c2ccc(Br)cc2)C1. The van der Waals surface area contributed by atoms with Gasteiger partial charge in [0.2, 0.25) is 0 Å². The molecule has 0 fully saturated rings. The normalized spacial score (nSPS) is 25.5. The smallest absolute Gasteiger partial charge is 0.172 e. The average Bonchev–Trinajstić information content (AvgIpc) is 2.36. The van der Waals surface area contributed by atoms with E-state index in [4.69, 9.17) is 0 Å². The highest BCUT2D eigenvalue weighted by atomic mass is 79.9. The maximum absolute atomic E-state index is 12.0. The van der Waals surface area contributed by atoms with E-state index in [2.05, 4.69) is 15.9 Å². The molecule has 18 heavy (non-hydrogen) atoms. The molecule has 0 N–H and O–H groups in total. The first-order chi connectivity index (χ1) is 8.30. The van der Waals surface area contributed by atoms with Crippen molar-refractivity contribution < 1.29 is 16.8 Å². The highest BCUT2D eigenvalue weighted by Crippen LogP contribution is 2.28. The Kier molecular flexibility index (Phi) is 3.66. The summed E-state index contributed by atoms with van der Waals surface area (Å²) in [7, 11) is -6.95. The summed E-state index contributed by atoms with van der Waals surface area (Å²) in [6.45, 7) is 0. The minimum Gasteiger partial charge on any atom is -0.228 e. The third kappa shape index (κ3) is 3.02. The Morgan fingerprint density at radius 3 is 2.28 bits per heavy atom. The van der Waals surface area contributed by atoms with Gasteiger partial charge in [-0.1, -0.05) is 34.1 Å². The van der Waals surface area contributed by atoms with E-state index in [1.165, 1.54) is 6.08 Å². The molecule has 1 aliphatic heterocycles. The van der Waals surface area contributed by atoms with E-state index in [1.54, 1.807) is 24.3 Å². The molecule has 0 saturated heterocycles. The van der Waals surface area contributed by atoms with Crippen molar-refractivity contribution in [3.63, 3.8) is 0 Å². The fourth-order valence-electron chi connectivity index (χ4n) is 1.79. The van der Waals surface area contributed by atoms with E-state index in [-0.39, 0.29) is 5.75 Å². The molecule has 7 heteroatoms. The van der Waals surface area contributed by atoms with Crippen molar-refractivity contribution in [1.82, 2.24) is 0 Å². The monoisotopic (exact) mass is 350 g/mol. The lowest BCUT2D eigenvalue weighted by atomic mass is 10.2. The Labute approximate surface area is 115 Å². The molecule has 0 bridgehead atoms. The predicted molar refractivity (Wildman–Crippen MR) is 73.6 cm³/mol. The van der Waals surface area contributed by atoms with Crippen LogP contribution in [0.2, 0.25) is 0 Å².